The second kappa shape index (κ2) is 6.55. The maximum Gasteiger partial charge on any atom is 0.257 e. The molecule has 4 heteroatoms. The highest BCUT2D eigenvalue weighted by Crippen LogP contribution is 2.20. The van der Waals surface area contributed by atoms with Gasteiger partial charge in [-0.25, -0.2) is 4.98 Å². The van der Waals surface area contributed by atoms with Crippen LogP contribution in [0.15, 0.2) is 18.3 Å². The van der Waals surface area contributed by atoms with E-state index in [9.17, 15) is 4.79 Å². The first-order chi connectivity index (χ1) is 9.27. The molecule has 104 valence electrons. The summed E-state index contributed by atoms with van der Waals surface area (Å²) in [7, 11) is 0. The number of pyridine rings is 1. The van der Waals surface area contributed by atoms with Crippen molar-refractivity contribution in [2.45, 2.75) is 33.1 Å². The van der Waals surface area contributed by atoms with Crippen LogP contribution in [0, 0.1) is 0 Å². The van der Waals surface area contributed by atoms with Crippen LogP contribution >= 0.6 is 0 Å². The Balaban J connectivity index is 2.25. The largest absolute Gasteiger partial charge is 0.357 e. The van der Waals surface area contributed by atoms with E-state index < -0.39 is 0 Å². The molecule has 1 aromatic heterocycles. The van der Waals surface area contributed by atoms with E-state index in [2.05, 4.69) is 23.7 Å². The summed E-state index contributed by atoms with van der Waals surface area (Å²) < 4.78 is 0. The molecule has 0 atom stereocenters. The zero-order chi connectivity index (χ0) is 13.7. The Morgan fingerprint density at radius 3 is 2.58 bits per heavy atom. The van der Waals surface area contributed by atoms with E-state index >= 15 is 0 Å². The molecule has 0 radical (unpaired) electrons. The molecule has 2 heterocycles. The number of anilines is 1. The molecular formula is C15H23N3O. The fourth-order valence-electron chi connectivity index (χ4n) is 2.61. The average molecular weight is 261 g/mol. The van der Waals surface area contributed by atoms with Gasteiger partial charge in [0, 0.05) is 32.4 Å². The van der Waals surface area contributed by atoms with Crippen molar-refractivity contribution in [3.05, 3.63) is 23.9 Å². The van der Waals surface area contributed by atoms with Crippen LogP contribution in [-0.4, -0.2) is 42.0 Å². The number of likely N-dealkylation sites (tertiary alicyclic amines) is 1. The van der Waals surface area contributed by atoms with Gasteiger partial charge in [-0.05, 0) is 45.2 Å². The minimum Gasteiger partial charge on any atom is -0.357 e. The summed E-state index contributed by atoms with van der Waals surface area (Å²) >= 11 is 0. The van der Waals surface area contributed by atoms with Gasteiger partial charge in [0.2, 0.25) is 0 Å². The van der Waals surface area contributed by atoms with Crippen molar-refractivity contribution >= 4 is 11.7 Å². The predicted molar refractivity (Wildman–Crippen MR) is 77.6 cm³/mol. The maximum atomic E-state index is 12.6. The number of piperidine rings is 1. The van der Waals surface area contributed by atoms with Gasteiger partial charge >= 0.3 is 0 Å². The molecule has 1 aromatic rings. The Labute approximate surface area is 115 Å². The summed E-state index contributed by atoms with van der Waals surface area (Å²) in [6, 6.07) is 3.75. The van der Waals surface area contributed by atoms with Crippen molar-refractivity contribution in [2.75, 3.05) is 31.1 Å². The van der Waals surface area contributed by atoms with Gasteiger partial charge in [0.15, 0.2) is 0 Å². The zero-order valence-electron chi connectivity index (χ0n) is 11.9. The van der Waals surface area contributed by atoms with Gasteiger partial charge in [-0.1, -0.05) is 0 Å². The molecule has 1 amide bonds. The van der Waals surface area contributed by atoms with Crippen LogP contribution in [0.1, 0.15) is 43.5 Å². The lowest BCUT2D eigenvalue weighted by Gasteiger charge is -2.29. The Morgan fingerprint density at radius 2 is 1.95 bits per heavy atom. The zero-order valence-corrected chi connectivity index (χ0v) is 11.9. The second-order valence-electron chi connectivity index (χ2n) is 4.90. The van der Waals surface area contributed by atoms with Crippen LogP contribution < -0.4 is 4.90 Å². The van der Waals surface area contributed by atoms with Crippen molar-refractivity contribution in [2.24, 2.45) is 0 Å². The third-order valence-electron chi connectivity index (χ3n) is 3.72. The number of aromatic nitrogens is 1. The fourth-order valence-corrected chi connectivity index (χ4v) is 2.61. The van der Waals surface area contributed by atoms with E-state index in [-0.39, 0.29) is 5.91 Å². The Bertz CT molecular complexity index is 423. The van der Waals surface area contributed by atoms with Crippen LogP contribution in [0.2, 0.25) is 0 Å². The van der Waals surface area contributed by atoms with Crippen molar-refractivity contribution in [3.8, 4) is 0 Å². The third-order valence-corrected chi connectivity index (χ3v) is 3.72. The Hall–Kier alpha value is -1.58. The normalized spacial score (nSPS) is 15.4. The van der Waals surface area contributed by atoms with Crippen molar-refractivity contribution in [1.29, 1.82) is 0 Å². The minimum absolute atomic E-state index is 0.134. The van der Waals surface area contributed by atoms with Crippen LogP contribution in [0.4, 0.5) is 5.82 Å². The van der Waals surface area contributed by atoms with E-state index in [1.165, 1.54) is 6.42 Å². The second-order valence-corrected chi connectivity index (χ2v) is 4.90. The molecule has 1 saturated heterocycles. The van der Waals surface area contributed by atoms with Crippen LogP contribution in [-0.2, 0) is 0 Å². The summed E-state index contributed by atoms with van der Waals surface area (Å²) in [5.41, 5.74) is 0.744. The first kappa shape index (κ1) is 13.8. The van der Waals surface area contributed by atoms with E-state index in [1.54, 1.807) is 6.20 Å². The van der Waals surface area contributed by atoms with Crippen molar-refractivity contribution < 1.29 is 4.79 Å². The number of amides is 1. The molecule has 19 heavy (non-hydrogen) atoms. The molecule has 4 nitrogen and oxygen atoms in total. The lowest BCUT2D eigenvalue weighted by Crippen LogP contribution is -2.37. The van der Waals surface area contributed by atoms with E-state index in [4.69, 9.17) is 0 Å². The minimum atomic E-state index is 0.134. The number of carbonyl (C=O) groups excluding carboxylic acids is 1. The van der Waals surface area contributed by atoms with E-state index in [1.807, 2.05) is 17.0 Å². The molecule has 0 spiro atoms. The average Bonchev–Trinajstić information content (AvgIpc) is 2.49. The topological polar surface area (TPSA) is 36.4 Å². The first-order valence-corrected chi connectivity index (χ1v) is 7.27. The van der Waals surface area contributed by atoms with E-state index in [0.29, 0.717) is 0 Å². The standard InChI is InChI=1S/C15H23N3O/c1-3-17(4-2)14-13(9-8-10-16-14)15(19)18-11-6-5-7-12-18/h8-10H,3-7,11-12H2,1-2H3. The number of hydrogen-bond acceptors (Lipinski definition) is 3. The quantitative estimate of drug-likeness (QED) is 0.835. The molecule has 0 saturated carbocycles. The molecule has 1 aliphatic rings. The SMILES string of the molecule is CCN(CC)c1ncccc1C(=O)N1CCCCC1. The van der Waals surface area contributed by atoms with Gasteiger partial charge in [-0.15, -0.1) is 0 Å². The predicted octanol–water partition coefficient (Wildman–Crippen LogP) is 2.55. The van der Waals surface area contributed by atoms with Crippen molar-refractivity contribution in [3.63, 3.8) is 0 Å². The fraction of sp³-hybridized carbons (Fsp3) is 0.600. The number of rotatable bonds is 4. The highest BCUT2D eigenvalue weighted by atomic mass is 16.2. The molecule has 1 fully saturated rings. The van der Waals surface area contributed by atoms with Crippen molar-refractivity contribution in [1.82, 2.24) is 9.88 Å². The number of hydrogen-bond donors (Lipinski definition) is 0. The lowest BCUT2D eigenvalue weighted by molar-refractivity contribution is 0.0724. The van der Waals surface area contributed by atoms with Gasteiger partial charge < -0.3 is 9.80 Å². The smallest absolute Gasteiger partial charge is 0.257 e. The van der Waals surface area contributed by atoms with Crippen LogP contribution in [0.5, 0.6) is 0 Å². The summed E-state index contributed by atoms with van der Waals surface area (Å²) in [5, 5.41) is 0. The molecule has 1 aliphatic heterocycles. The van der Waals surface area contributed by atoms with Gasteiger partial charge in [-0.3, -0.25) is 4.79 Å². The van der Waals surface area contributed by atoms with Crippen LogP contribution in [0.25, 0.3) is 0 Å². The molecule has 0 unspecified atom stereocenters. The number of carbonyl (C=O) groups is 1. The van der Waals surface area contributed by atoms with E-state index in [0.717, 1.165) is 50.4 Å². The lowest BCUT2D eigenvalue weighted by atomic mass is 10.1. The highest BCUT2D eigenvalue weighted by Gasteiger charge is 2.22. The van der Waals surface area contributed by atoms with Crippen LogP contribution in [0.3, 0.4) is 0 Å². The summed E-state index contributed by atoms with van der Waals surface area (Å²) in [4.78, 5) is 21.1. The Morgan fingerprint density at radius 1 is 1.26 bits per heavy atom. The molecule has 0 aromatic carbocycles. The first-order valence-electron chi connectivity index (χ1n) is 7.27. The Kier molecular flexibility index (Phi) is 4.77. The van der Waals surface area contributed by atoms with Gasteiger partial charge in [-0.2, -0.15) is 0 Å². The highest BCUT2D eigenvalue weighted by molar-refractivity contribution is 5.98. The molecular weight excluding hydrogens is 238 g/mol. The number of nitrogens with zero attached hydrogens (tertiary/aromatic N) is 3. The molecule has 2 rings (SSSR count). The molecule has 0 bridgehead atoms. The van der Waals surface area contributed by atoms with Gasteiger partial charge in [0.1, 0.15) is 5.82 Å². The van der Waals surface area contributed by atoms with Gasteiger partial charge in [0.25, 0.3) is 5.91 Å². The molecule has 0 aliphatic carbocycles. The summed E-state index contributed by atoms with van der Waals surface area (Å²) in [6.07, 6.45) is 5.24. The monoisotopic (exact) mass is 261 g/mol. The third kappa shape index (κ3) is 3.06. The summed E-state index contributed by atoms with van der Waals surface area (Å²) in [5.74, 6) is 0.956. The van der Waals surface area contributed by atoms with Gasteiger partial charge in [0.05, 0.1) is 5.56 Å². The summed E-state index contributed by atoms with van der Waals surface area (Å²) in [6.45, 7) is 7.68. The maximum absolute atomic E-state index is 12.6. The molecule has 0 N–H and O–H groups in total.